The van der Waals surface area contributed by atoms with E-state index in [1.54, 1.807) is 0 Å². The molecule has 120 valence electrons. The number of hydrogen-bond acceptors (Lipinski definition) is 1. The van der Waals surface area contributed by atoms with E-state index in [-0.39, 0.29) is 10.8 Å². The molecule has 1 nitrogen and oxygen atoms in total. The average Bonchev–Trinajstić information content (AvgIpc) is 2.45. The van der Waals surface area contributed by atoms with E-state index >= 15 is 0 Å². The molecule has 0 radical (unpaired) electrons. The van der Waals surface area contributed by atoms with Crippen molar-refractivity contribution in [3.8, 4) is 0 Å². The van der Waals surface area contributed by atoms with Crippen molar-refractivity contribution in [2.24, 2.45) is 0 Å². The zero-order chi connectivity index (χ0) is 16.5. The Labute approximate surface area is 142 Å². The van der Waals surface area contributed by atoms with Gasteiger partial charge in [0.15, 0.2) is 0 Å². The maximum absolute atomic E-state index is 11.2. The van der Waals surface area contributed by atoms with Crippen LogP contribution in [0, 0.1) is 7.14 Å². The van der Waals surface area contributed by atoms with E-state index in [1.807, 2.05) is 12.1 Å². The second-order valence-electron chi connectivity index (χ2n) is 7.72. The van der Waals surface area contributed by atoms with Crippen molar-refractivity contribution in [1.82, 2.24) is 0 Å². The van der Waals surface area contributed by atoms with Crippen LogP contribution in [0.1, 0.15) is 52.7 Å². The molecule has 0 saturated heterocycles. The molecule has 0 aliphatic rings. The number of rotatable bonds is 2. The van der Waals surface area contributed by atoms with Gasteiger partial charge in [0.1, 0.15) is 0 Å². The van der Waals surface area contributed by atoms with Crippen molar-refractivity contribution < 1.29 is 3.44 Å². The Morgan fingerprint density at radius 2 is 0.955 bits per heavy atom. The Morgan fingerprint density at radius 1 is 0.636 bits per heavy atom. The Morgan fingerprint density at radius 3 is 1.27 bits per heavy atom. The molecule has 2 rings (SSSR count). The van der Waals surface area contributed by atoms with Gasteiger partial charge in [0.05, 0.1) is 0 Å². The summed E-state index contributed by atoms with van der Waals surface area (Å²) in [6, 6.07) is 16.8. The van der Waals surface area contributed by atoms with Gasteiger partial charge in [0, 0.05) is 0 Å². The van der Waals surface area contributed by atoms with Crippen molar-refractivity contribution in [2.75, 3.05) is 0 Å². The summed E-state index contributed by atoms with van der Waals surface area (Å²) in [7, 11) is 0. The molecule has 2 aromatic rings. The third-order valence-electron chi connectivity index (χ3n) is 3.75. The molecular weight excluding hydrogens is 383 g/mol. The minimum atomic E-state index is -2.40. The standard InChI is InChI=1S/C20H27IO/c1-19(2,3)15-11-7-9-13-17(15)21(22)18-14-10-8-12-16(18)20(4,5)6/h7-14,22H,1-6H3. The summed E-state index contributed by atoms with van der Waals surface area (Å²) in [6.07, 6.45) is 0. The van der Waals surface area contributed by atoms with E-state index in [0.29, 0.717) is 0 Å². The van der Waals surface area contributed by atoms with Crippen LogP contribution in [-0.2, 0) is 10.8 Å². The number of hydrogen-bond donors (Lipinski definition) is 1. The molecule has 0 heterocycles. The molecule has 0 amide bonds. The van der Waals surface area contributed by atoms with E-state index in [0.717, 1.165) is 7.14 Å². The molecule has 2 heteroatoms. The zero-order valence-electron chi connectivity index (χ0n) is 14.4. The van der Waals surface area contributed by atoms with Crippen LogP contribution in [0.3, 0.4) is 0 Å². The molecule has 0 aliphatic carbocycles. The van der Waals surface area contributed by atoms with Crippen LogP contribution in [0.15, 0.2) is 48.5 Å². The predicted octanol–water partition coefficient (Wildman–Crippen LogP) is 5.73. The first-order valence-electron chi connectivity index (χ1n) is 7.70. The second kappa shape index (κ2) is 6.32. The van der Waals surface area contributed by atoms with Crippen LogP contribution in [-0.4, -0.2) is 3.44 Å². The maximum atomic E-state index is 11.2. The van der Waals surface area contributed by atoms with Crippen molar-refractivity contribution in [2.45, 2.75) is 52.4 Å². The molecule has 0 atom stereocenters. The number of halogens is 1. The second-order valence-corrected chi connectivity index (χ2v) is 11.6. The quantitative estimate of drug-likeness (QED) is 0.627. The third kappa shape index (κ3) is 3.72. The molecular formula is C20H27IO. The van der Waals surface area contributed by atoms with E-state index in [9.17, 15) is 3.44 Å². The summed E-state index contributed by atoms with van der Waals surface area (Å²) < 4.78 is 13.6. The fourth-order valence-electron chi connectivity index (χ4n) is 2.56. The van der Waals surface area contributed by atoms with E-state index in [4.69, 9.17) is 0 Å². The summed E-state index contributed by atoms with van der Waals surface area (Å²) in [5.41, 5.74) is 2.63. The Kier molecular flexibility index (Phi) is 5.03. The number of benzene rings is 2. The Balaban J connectivity index is 2.58. The van der Waals surface area contributed by atoms with Gasteiger partial charge in [0.25, 0.3) is 0 Å². The molecule has 0 unspecified atom stereocenters. The fourth-order valence-corrected chi connectivity index (χ4v) is 7.36. The van der Waals surface area contributed by atoms with Crippen molar-refractivity contribution in [3.63, 3.8) is 0 Å². The van der Waals surface area contributed by atoms with Gasteiger partial charge in [-0.3, -0.25) is 0 Å². The predicted molar refractivity (Wildman–Crippen MR) is 104 cm³/mol. The summed E-state index contributed by atoms with van der Waals surface area (Å²) in [5, 5.41) is 0. The summed E-state index contributed by atoms with van der Waals surface area (Å²) in [6.45, 7) is 13.3. The molecule has 0 fully saturated rings. The van der Waals surface area contributed by atoms with Crippen molar-refractivity contribution in [3.05, 3.63) is 66.8 Å². The molecule has 1 N–H and O–H groups in total. The molecule has 2 aromatic carbocycles. The van der Waals surface area contributed by atoms with Crippen LogP contribution in [0.25, 0.3) is 0 Å². The summed E-state index contributed by atoms with van der Waals surface area (Å²) in [4.78, 5) is 0. The van der Waals surface area contributed by atoms with Crippen LogP contribution >= 0.6 is 20.2 Å². The Bertz CT molecular complexity index is 590. The minimum absolute atomic E-state index is 0.0474. The van der Waals surface area contributed by atoms with Gasteiger partial charge < -0.3 is 0 Å². The van der Waals surface area contributed by atoms with Gasteiger partial charge in [-0.1, -0.05) is 0 Å². The molecule has 0 spiro atoms. The first kappa shape index (κ1) is 17.5. The SMILES string of the molecule is CC(C)(C)c1ccccc1I(O)c1ccccc1C(C)(C)C. The molecule has 22 heavy (non-hydrogen) atoms. The summed E-state index contributed by atoms with van der Waals surface area (Å²) >= 11 is -2.40. The van der Waals surface area contributed by atoms with Gasteiger partial charge in [-0.2, -0.15) is 0 Å². The first-order valence-corrected chi connectivity index (χ1v) is 10.8. The molecule has 0 aliphatic heterocycles. The van der Waals surface area contributed by atoms with Crippen LogP contribution in [0.5, 0.6) is 0 Å². The van der Waals surface area contributed by atoms with Crippen molar-refractivity contribution >= 4 is 20.2 Å². The van der Waals surface area contributed by atoms with Gasteiger partial charge in [-0.15, -0.1) is 0 Å². The summed E-state index contributed by atoms with van der Waals surface area (Å²) in [5.74, 6) is 0. The molecule has 0 bridgehead atoms. The van der Waals surface area contributed by atoms with E-state index in [2.05, 4.69) is 77.9 Å². The van der Waals surface area contributed by atoms with E-state index in [1.165, 1.54) is 11.1 Å². The van der Waals surface area contributed by atoms with Crippen molar-refractivity contribution in [1.29, 1.82) is 0 Å². The Hall–Kier alpha value is -0.870. The van der Waals surface area contributed by atoms with Gasteiger partial charge in [-0.05, 0) is 0 Å². The monoisotopic (exact) mass is 410 g/mol. The third-order valence-corrected chi connectivity index (χ3v) is 7.83. The van der Waals surface area contributed by atoms with Crippen LogP contribution < -0.4 is 0 Å². The topological polar surface area (TPSA) is 20.2 Å². The normalized spacial score (nSPS) is 13.1. The zero-order valence-corrected chi connectivity index (χ0v) is 16.6. The molecule has 0 aromatic heterocycles. The first-order chi connectivity index (χ1) is 10.1. The van der Waals surface area contributed by atoms with Gasteiger partial charge in [0.2, 0.25) is 0 Å². The fraction of sp³-hybridized carbons (Fsp3) is 0.400. The van der Waals surface area contributed by atoms with Gasteiger partial charge >= 0.3 is 143 Å². The van der Waals surface area contributed by atoms with Crippen LogP contribution in [0.2, 0.25) is 0 Å². The molecule has 0 saturated carbocycles. The van der Waals surface area contributed by atoms with Gasteiger partial charge in [-0.25, -0.2) is 0 Å². The van der Waals surface area contributed by atoms with E-state index < -0.39 is 20.2 Å². The van der Waals surface area contributed by atoms with Crippen LogP contribution in [0.4, 0.5) is 0 Å². The average molecular weight is 410 g/mol.